The van der Waals surface area contributed by atoms with Crippen molar-refractivity contribution in [3.05, 3.63) is 47.5 Å². The molecule has 2 aromatic carbocycles. The smallest absolute Gasteiger partial charge is 0.373 e. The average molecular weight is 438 g/mol. The van der Waals surface area contributed by atoms with Gasteiger partial charge in [-0.1, -0.05) is 23.4 Å². The second-order valence-electron chi connectivity index (χ2n) is 5.69. The fourth-order valence-corrected chi connectivity index (χ4v) is 3.54. The van der Waals surface area contributed by atoms with Gasteiger partial charge in [-0.15, -0.1) is 0 Å². The molecule has 0 aliphatic carbocycles. The van der Waals surface area contributed by atoms with Crippen molar-refractivity contribution in [1.82, 2.24) is 0 Å². The number of halogens is 4. The second-order valence-corrected chi connectivity index (χ2v) is 8.63. The highest BCUT2D eigenvalue weighted by atomic mass is 35.5. The Morgan fingerprint density at radius 2 is 1.70 bits per heavy atom. The zero-order valence-corrected chi connectivity index (χ0v) is 16.5. The molecule has 0 aliphatic heterocycles. The fraction of sp³-hybridized carbons (Fsp3) is 0.235. The summed E-state index contributed by atoms with van der Waals surface area (Å²) in [5.74, 6) is -1.62. The molecule has 0 heterocycles. The molecule has 2 N–H and O–H groups in total. The summed E-state index contributed by atoms with van der Waals surface area (Å²) in [4.78, 5) is 13.9. The summed E-state index contributed by atoms with van der Waals surface area (Å²) in [6.45, 7) is 0.369. The van der Waals surface area contributed by atoms with Crippen LogP contribution in [0.2, 0.25) is 5.02 Å². The maximum atomic E-state index is 12.7. The Labute approximate surface area is 165 Å². The van der Waals surface area contributed by atoms with E-state index < -0.39 is 28.5 Å². The second kappa shape index (κ2) is 8.22. The molecule has 0 aliphatic rings. The summed E-state index contributed by atoms with van der Waals surface area (Å²) in [7, 11) is -1.08. The van der Waals surface area contributed by atoms with Gasteiger partial charge >= 0.3 is 6.18 Å². The molecule has 10 heteroatoms. The predicted molar refractivity (Wildman–Crippen MR) is 99.7 cm³/mol. The standard InChI is InChI=1S/C17H15ClF3NO3S2/c1-16(24,17(19,20)21)15(23)22-14-8-5-11(9-13(14)18)26-10-3-6-12(7-4-10)27(2)25/h3-9,24H,1-2H3,(H,22,23). The van der Waals surface area contributed by atoms with Crippen LogP contribution in [0.25, 0.3) is 0 Å². The summed E-state index contributed by atoms with van der Waals surface area (Å²) in [6, 6.07) is 11.4. The van der Waals surface area contributed by atoms with Crippen LogP contribution < -0.4 is 5.32 Å². The van der Waals surface area contributed by atoms with Gasteiger partial charge in [0, 0.05) is 31.7 Å². The van der Waals surface area contributed by atoms with Crippen LogP contribution in [0.1, 0.15) is 6.92 Å². The number of amides is 1. The van der Waals surface area contributed by atoms with Crippen molar-refractivity contribution in [2.75, 3.05) is 11.6 Å². The number of carbonyl (C=O) groups is 1. The van der Waals surface area contributed by atoms with Crippen molar-refractivity contribution in [2.45, 2.75) is 33.4 Å². The quantitative estimate of drug-likeness (QED) is 0.723. The number of rotatable bonds is 5. The molecule has 2 aromatic rings. The molecule has 0 bridgehead atoms. The van der Waals surface area contributed by atoms with Crippen LogP contribution >= 0.6 is 23.4 Å². The van der Waals surface area contributed by atoms with E-state index in [1.165, 1.54) is 23.9 Å². The Kier molecular flexibility index (Phi) is 6.62. The van der Waals surface area contributed by atoms with Crippen molar-refractivity contribution < 1.29 is 27.3 Å². The van der Waals surface area contributed by atoms with Crippen molar-refractivity contribution in [2.24, 2.45) is 0 Å². The number of nitrogens with one attached hydrogen (secondary N) is 1. The molecule has 0 fully saturated rings. The lowest BCUT2D eigenvalue weighted by Crippen LogP contribution is -2.52. The molecule has 0 spiro atoms. The molecular formula is C17H15ClF3NO3S2. The third-order valence-electron chi connectivity index (χ3n) is 3.57. The molecule has 27 heavy (non-hydrogen) atoms. The van der Waals surface area contributed by atoms with Crippen LogP contribution in [0.15, 0.2) is 57.2 Å². The third-order valence-corrected chi connectivity index (χ3v) is 5.82. The maximum Gasteiger partial charge on any atom is 0.426 e. The third kappa shape index (κ3) is 5.25. The van der Waals surface area contributed by atoms with E-state index in [0.29, 0.717) is 16.7 Å². The Morgan fingerprint density at radius 3 is 2.19 bits per heavy atom. The van der Waals surface area contributed by atoms with Crippen LogP contribution in [0.3, 0.4) is 0 Å². The minimum absolute atomic E-state index is 0.0256. The lowest BCUT2D eigenvalue weighted by molar-refractivity contribution is -0.242. The van der Waals surface area contributed by atoms with Crippen LogP contribution in [0.5, 0.6) is 0 Å². The van der Waals surface area contributed by atoms with Gasteiger partial charge in [0.25, 0.3) is 5.91 Å². The minimum atomic E-state index is -5.12. The van der Waals surface area contributed by atoms with E-state index in [2.05, 4.69) is 0 Å². The van der Waals surface area contributed by atoms with E-state index in [9.17, 15) is 27.3 Å². The topological polar surface area (TPSA) is 66.4 Å². The summed E-state index contributed by atoms with van der Waals surface area (Å²) < 4.78 is 49.5. The summed E-state index contributed by atoms with van der Waals surface area (Å²) >= 11 is 7.37. The first-order valence-electron chi connectivity index (χ1n) is 7.43. The molecule has 1 amide bonds. The minimum Gasteiger partial charge on any atom is -0.373 e. The van der Waals surface area contributed by atoms with E-state index in [-0.39, 0.29) is 10.7 Å². The number of hydrogen-bond acceptors (Lipinski definition) is 4. The molecule has 146 valence electrons. The first-order valence-corrected chi connectivity index (χ1v) is 10.2. The van der Waals surface area contributed by atoms with E-state index in [0.717, 1.165) is 4.90 Å². The van der Waals surface area contributed by atoms with Gasteiger partial charge in [0.1, 0.15) is 0 Å². The molecule has 0 saturated heterocycles. The van der Waals surface area contributed by atoms with Crippen LogP contribution in [-0.4, -0.2) is 33.3 Å². The average Bonchev–Trinajstić information content (AvgIpc) is 2.56. The van der Waals surface area contributed by atoms with Gasteiger partial charge in [0.15, 0.2) is 0 Å². The van der Waals surface area contributed by atoms with Crippen molar-refractivity contribution >= 4 is 45.8 Å². The molecule has 4 nitrogen and oxygen atoms in total. The lowest BCUT2D eigenvalue weighted by atomic mass is 10.1. The lowest BCUT2D eigenvalue weighted by Gasteiger charge is -2.25. The molecule has 0 aromatic heterocycles. The maximum absolute atomic E-state index is 12.7. The summed E-state index contributed by atoms with van der Waals surface area (Å²) in [5.41, 5.74) is -3.59. The molecule has 2 atom stereocenters. The monoisotopic (exact) mass is 437 g/mol. The Morgan fingerprint density at radius 1 is 1.15 bits per heavy atom. The van der Waals surface area contributed by atoms with Crippen LogP contribution in [0.4, 0.5) is 18.9 Å². The number of anilines is 1. The van der Waals surface area contributed by atoms with Gasteiger partial charge in [0.05, 0.1) is 10.7 Å². The van der Waals surface area contributed by atoms with E-state index in [1.807, 2.05) is 5.32 Å². The zero-order valence-electron chi connectivity index (χ0n) is 14.1. The fourth-order valence-electron chi connectivity index (χ4n) is 1.87. The highest BCUT2D eigenvalue weighted by molar-refractivity contribution is 7.99. The zero-order chi connectivity index (χ0) is 20.4. The molecule has 2 rings (SSSR count). The van der Waals surface area contributed by atoms with Crippen LogP contribution in [0, 0.1) is 0 Å². The van der Waals surface area contributed by atoms with Gasteiger partial charge in [-0.2, -0.15) is 13.2 Å². The molecule has 0 radical (unpaired) electrons. The molecule has 0 saturated carbocycles. The van der Waals surface area contributed by atoms with E-state index in [4.69, 9.17) is 11.6 Å². The number of alkyl halides is 3. The number of benzene rings is 2. The van der Waals surface area contributed by atoms with Gasteiger partial charge in [-0.25, -0.2) is 0 Å². The number of hydrogen-bond donors (Lipinski definition) is 2. The Balaban J connectivity index is 2.13. The van der Waals surface area contributed by atoms with Gasteiger partial charge < -0.3 is 10.4 Å². The van der Waals surface area contributed by atoms with Crippen molar-refractivity contribution in [3.63, 3.8) is 0 Å². The highest BCUT2D eigenvalue weighted by Gasteiger charge is 2.55. The number of carbonyl (C=O) groups excluding carboxylic acids is 1. The first kappa shape index (κ1) is 21.7. The summed E-state index contributed by atoms with van der Waals surface area (Å²) in [5, 5.41) is 11.4. The Bertz CT molecular complexity index is 871. The van der Waals surface area contributed by atoms with E-state index >= 15 is 0 Å². The SMILES string of the molecule is CS(=O)c1ccc(Sc2ccc(NC(=O)C(C)(O)C(F)(F)F)c(Cl)c2)cc1. The first-order chi connectivity index (χ1) is 12.4. The normalized spacial score (nSPS) is 15.1. The van der Waals surface area contributed by atoms with Gasteiger partial charge in [0.2, 0.25) is 5.60 Å². The van der Waals surface area contributed by atoms with Crippen molar-refractivity contribution in [1.29, 1.82) is 0 Å². The largest absolute Gasteiger partial charge is 0.426 e. The van der Waals surface area contributed by atoms with Gasteiger partial charge in [-0.3, -0.25) is 9.00 Å². The molecular weight excluding hydrogens is 423 g/mol. The van der Waals surface area contributed by atoms with E-state index in [1.54, 1.807) is 36.6 Å². The van der Waals surface area contributed by atoms with Crippen LogP contribution in [-0.2, 0) is 15.6 Å². The van der Waals surface area contributed by atoms with Crippen molar-refractivity contribution in [3.8, 4) is 0 Å². The van der Waals surface area contributed by atoms with Gasteiger partial charge in [-0.05, 0) is 49.4 Å². The Hall–Kier alpha value is -1.55. The highest BCUT2D eigenvalue weighted by Crippen LogP contribution is 2.35. The predicted octanol–water partition coefficient (Wildman–Crippen LogP) is 4.48. The summed E-state index contributed by atoms with van der Waals surface area (Å²) in [6.07, 6.45) is -3.54. The number of aliphatic hydroxyl groups is 1. The molecule has 2 unspecified atom stereocenters.